The summed E-state index contributed by atoms with van der Waals surface area (Å²) in [7, 11) is 0. The van der Waals surface area contributed by atoms with Crippen molar-refractivity contribution in [1.29, 1.82) is 0 Å². The van der Waals surface area contributed by atoms with Crippen molar-refractivity contribution in [2.75, 3.05) is 23.4 Å². The minimum atomic E-state index is -0.496. The molecule has 1 heterocycles. The van der Waals surface area contributed by atoms with Gasteiger partial charge in [0.2, 0.25) is 11.8 Å². The first kappa shape index (κ1) is 19.8. The number of rotatable bonds is 3. The minimum absolute atomic E-state index is 0.0275. The van der Waals surface area contributed by atoms with Gasteiger partial charge in [0.1, 0.15) is 12.4 Å². The van der Waals surface area contributed by atoms with Crippen LogP contribution in [0.5, 0.6) is 5.75 Å². The van der Waals surface area contributed by atoms with Gasteiger partial charge in [0, 0.05) is 22.0 Å². The highest BCUT2D eigenvalue weighted by molar-refractivity contribution is 6.31. The van der Waals surface area contributed by atoms with Crippen molar-refractivity contribution in [2.24, 2.45) is 11.3 Å². The highest BCUT2D eigenvalue weighted by atomic mass is 35.5. The molecule has 2 aliphatic rings. The second-order valence-electron chi connectivity index (χ2n) is 8.70. The van der Waals surface area contributed by atoms with Crippen LogP contribution in [0.4, 0.5) is 11.4 Å². The molecule has 0 saturated heterocycles. The summed E-state index contributed by atoms with van der Waals surface area (Å²) in [5.74, 6) is 0.733. The van der Waals surface area contributed by atoms with E-state index in [1.807, 2.05) is 63.2 Å². The molecule has 0 radical (unpaired) electrons. The van der Waals surface area contributed by atoms with Gasteiger partial charge in [-0.3, -0.25) is 9.59 Å². The Labute approximate surface area is 176 Å². The van der Waals surface area contributed by atoms with Crippen LogP contribution in [-0.4, -0.2) is 25.0 Å². The Morgan fingerprint density at radius 3 is 2.66 bits per heavy atom. The third-order valence-corrected chi connectivity index (χ3v) is 5.75. The van der Waals surface area contributed by atoms with Gasteiger partial charge in [-0.15, -0.1) is 0 Å². The molecule has 2 unspecified atom stereocenters. The Hall–Kier alpha value is -2.53. The van der Waals surface area contributed by atoms with E-state index in [0.717, 1.165) is 12.0 Å². The average molecular weight is 413 g/mol. The van der Waals surface area contributed by atoms with Gasteiger partial charge >= 0.3 is 0 Å². The van der Waals surface area contributed by atoms with Crippen molar-refractivity contribution in [1.82, 2.24) is 0 Å². The van der Waals surface area contributed by atoms with Crippen molar-refractivity contribution >= 4 is 34.8 Å². The molecular formula is C23H25ClN2O3. The van der Waals surface area contributed by atoms with Crippen LogP contribution >= 0.6 is 11.6 Å². The topological polar surface area (TPSA) is 58.6 Å². The number of hydrogen-bond acceptors (Lipinski definition) is 3. The van der Waals surface area contributed by atoms with Crippen molar-refractivity contribution < 1.29 is 14.3 Å². The number of carbonyl (C=O) groups excluding carboxylic acids is 2. The van der Waals surface area contributed by atoms with E-state index in [4.69, 9.17) is 16.3 Å². The lowest BCUT2D eigenvalue weighted by Crippen LogP contribution is -2.44. The van der Waals surface area contributed by atoms with Crippen LogP contribution in [-0.2, 0) is 9.59 Å². The van der Waals surface area contributed by atoms with E-state index in [2.05, 4.69) is 5.32 Å². The number of benzene rings is 2. The van der Waals surface area contributed by atoms with Gasteiger partial charge in [-0.25, -0.2) is 0 Å². The van der Waals surface area contributed by atoms with Gasteiger partial charge in [0.25, 0.3) is 0 Å². The van der Waals surface area contributed by atoms with Gasteiger partial charge < -0.3 is 15.0 Å². The molecule has 2 atom stereocenters. The maximum Gasteiger partial charge on any atom is 0.232 e. The normalized spacial score (nSPS) is 20.5. The Kier molecular flexibility index (Phi) is 5.03. The lowest BCUT2D eigenvalue weighted by atomic mass is 9.94. The van der Waals surface area contributed by atoms with Gasteiger partial charge in [-0.05, 0) is 42.2 Å². The number of halogens is 1. The van der Waals surface area contributed by atoms with E-state index in [1.165, 1.54) is 0 Å². The Balaban J connectivity index is 1.50. The maximum atomic E-state index is 12.8. The van der Waals surface area contributed by atoms with Crippen molar-refractivity contribution in [2.45, 2.75) is 33.1 Å². The summed E-state index contributed by atoms with van der Waals surface area (Å²) in [6.07, 6.45) is 0.790. The molecule has 4 rings (SSSR count). The summed E-state index contributed by atoms with van der Waals surface area (Å²) in [6.45, 7) is 6.66. The first-order valence-electron chi connectivity index (χ1n) is 9.90. The zero-order chi connectivity index (χ0) is 20.8. The van der Waals surface area contributed by atoms with E-state index in [9.17, 15) is 9.59 Å². The lowest BCUT2D eigenvalue weighted by molar-refractivity contribution is -0.126. The maximum absolute atomic E-state index is 12.8. The Morgan fingerprint density at radius 2 is 1.93 bits per heavy atom. The van der Waals surface area contributed by atoms with Crippen LogP contribution in [0.25, 0.3) is 0 Å². The monoisotopic (exact) mass is 412 g/mol. The summed E-state index contributed by atoms with van der Waals surface area (Å²) in [5, 5.41) is 3.70. The van der Waals surface area contributed by atoms with Gasteiger partial charge in [0.05, 0.1) is 12.2 Å². The molecule has 0 spiro atoms. The SMILES string of the molecule is CC(C)(C)C(=O)N1CCOc2ccc(NC(=O)C3CC3c3ccccc3Cl)cc21. The number of hydrogen-bond donors (Lipinski definition) is 1. The van der Waals surface area contributed by atoms with Crippen molar-refractivity contribution in [3.63, 3.8) is 0 Å². The predicted octanol–water partition coefficient (Wildman–Crippen LogP) is 4.85. The fourth-order valence-corrected chi connectivity index (χ4v) is 4.03. The molecule has 5 nitrogen and oxygen atoms in total. The summed E-state index contributed by atoms with van der Waals surface area (Å²) < 4.78 is 5.70. The third-order valence-electron chi connectivity index (χ3n) is 5.41. The van der Waals surface area contributed by atoms with Crippen LogP contribution in [0.3, 0.4) is 0 Å². The van der Waals surface area contributed by atoms with Crippen LogP contribution < -0.4 is 15.0 Å². The largest absolute Gasteiger partial charge is 0.490 e. The molecule has 6 heteroatoms. The van der Waals surface area contributed by atoms with Crippen LogP contribution in [0, 0.1) is 11.3 Å². The highest BCUT2D eigenvalue weighted by Crippen LogP contribution is 2.50. The number of amides is 2. The number of nitrogens with zero attached hydrogens (tertiary/aromatic N) is 1. The first-order valence-corrected chi connectivity index (χ1v) is 10.3. The molecule has 1 N–H and O–H groups in total. The fourth-order valence-electron chi connectivity index (χ4n) is 3.75. The quantitative estimate of drug-likeness (QED) is 0.783. The summed E-state index contributed by atoms with van der Waals surface area (Å²) in [4.78, 5) is 27.3. The second kappa shape index (κ2) is 7.38. The minimum Gasteiger partial charge on any atom is -0.490 e. The standard InChI is InChI=1S/C23H25ClN2O3/c1-23(2,3)22(28)26-10-11-29-20-9-8-14(12-19(20)26)25-21(27)17-13-16(17)15-6-4-5-7-18(15)24/h4-9,12,16-17H,10-11,13H2,1-3H3,(H,25,27). The molecule has 2 amide bonds. The number of ether oxygens (including phenoxy) is 1. The molecule has 1 fully saturated rings. The molecule has 1 aliphatic carbocycles. The number of anilines is 2. The van der Waals surface area contributed by atoms with Gasteiger partial charge in [0.15, 0.2) is 0 Å². The third kappa shape index (κ3) is 3.97. The van der Waals surface area contributed by atoms with Crippen LogP contribution in [0.15, 0.2) is 42.5 Å². The molecule has 152 valence electrons. The molecular weight excluding hydrogens is 388 g/mol. The summed E-state index contributed by atoms with van der Waals surface area (Å²) >= 11 is 6.27. The summed E-state index contributed by atoms with van der Waals surface area (Å²) in [5.41, 5.74) is 1.89. The highest BCUT2D eigenvalue weighted by Gasteiger charge is 2.45. The summed E-state index contributed by atoms with van der Waals surface area (Å²) in [6, 6.07) is 13.1. The van der Waals surface area contributed by atoms with E-state index >= 15 is 0 Å². The van der Waals surface area contributed by atoms with E-state index in [1.54, 1.807) is 4.90 Å². The lowest BCUT2D eigenvalue weighted by Gasteiger charge is -2.34. The van der Waals surface area contributed by atoms with Crippen molar-refractivity contribution in [3.8, 4) is 5.75 Å². The Bertz CT molecular complexity index is 967. The second-order valence-corrected chi connectivity index (χ2v) is 9.10. The number of nitrogens with one attached hydrogen (secondary N) is 1. The van der Waals surface area contributed by atoms with Crippen LogP contribution in [0.2, 0.25) is 5.02 Å². The molecule has 2 aromatic carbocycles. The smallest absolute Gasteiger partial charge is 0.232 e. The zero-order valence-electron chi connectivity index (χ0n) is 16.9. The molecule has 29 heavy (non-hydrogen) atoms. The average Bonchev–Trinajstić information content (AvgIpc) is 3.47. The first-order chi connectivity index (χ1) is 13.8. The predicted molar refractivity (Wildman–Crippen MR) is 115 cm³/mol. The van der Waals surface area contributed by atoms with Crippen LogP contribution in [0.1, 0.15) is 38.7 Å². The fraction of sp³-hybridized carbons (Fsp3) is 0.391. The van der Waals surface area contributed by atoms with Gasteiger partial charge in [-0.2, -0.15) is 0 Å². The molecule has 1 saturated carbocycles. The van der Waals surface area contributed by atoms with E-state index < -0.39 is 5.41 Å². The Morgan fingerprint density at radius 1 is 1.17 bits per heavy atom. The van der Waals surface area contributed by atoms with Gasteiger partial charge in [-0.1, -0.05) is 50.6 Å². The number of fused-ring (bicyclic) bond motifs is 1. The zero-order valence-corrected chi connectivity index (χ0v) is 17.6. The number of carbonyl (C=O) groups is 2. The van der Waals surface area contributed by atoms with E-state index in [0.29, 0.717) is 35.3 Å². The molecule has 2 aromatic rings. The molecule has 1 aliphatic heterocycles. The van der Waals surface area contributed by atoms with E-state index in [-0.39, 0.29) is 23.7 Å². The van der Waals surface area contributed by atoms with Crippen molar-refractivity contribution in [3.05, 3.63) is 53.1 Å². The molecule has 0 bridgehead atoms. The molecule has 0 aromatic heterocycles.